The van der Waals surface area contributed by atoms with Gasteiger partial charge in [0.1, 0.15) is 10.6 Å². The molecule has 2 atom stereocenters. The van der Waals surface area contributed by atoms with Crippen LogP contribution in [0.15, 0.2) is 30.3 Å². The normalized spacial score (nSPS) is 19.4. The first-order valence-corrected chi connectivity index (χ1v) is 10.7. The topological polar surface area (TPSA) is 50.8 Å². The summed E-state index contributed by atoms with van der Waals surface area (Å²) in [5.74, 6) is -0.334. The van der Waals surface area contributed by atoms with E-state index >= 15 is 0 Å². The van der Waals surface area contributed by atoms with Gasteiger partial charge in [0, 0.05) is 23.5 Å². The number of benzene rings is 1. The minimum Gasteiger partial charge on any atom is -0.462 e. The number of carbonyl (C=O) groups is 1. The zero-order chi connectivity index (χ0) is 20.3. The minimum absolute atomic E-state index is 0.109. The molecule has 28 heavy (non-hydrogen) atoms. The van der Waals surface area contributed by atoms with Crippen LogP contribution in [-0.4, -0.2) is 47.9 Å². The van der Waals surface area contributed by atoms with Gasteiger partial charge in [0.25, 0.3) is 0 Å². The predicted molar refractivity (Wildman–Crippen MR) is 118 cm³/mol. The van der Waals surface area contributed by atoms with E-state index in [1.54, 1.807) is 0 Å². The second-order valence-electron chi connectivity index (χ2n) is 6.92. The first kappa shape index (κ1) is 20.8. The third-order valence-electron chi connectivity index (χ3n) is 4.55. The van der Waals surface area contributed by atoms with Crippen molar-refractivity contribution in [1.82, 2.24) is 4.90 Å². The average Bonchev–Trinajstić information content (AvgIpc) is 2.97. The van der Waals surface area contributed by atoms with Gasteiger partial charge in [-0.2, -0.15) is 0 Å². The molecule has 0 saturated carbocycles. The number of nitrogens with zero attached hydrogens (tertiary/aromatic N) is 1. The summed E-state index contributed by atoms with van der Waals surface area (Å²) >= 11 is 7.18. The molecule has 1 aromatic heterocycles. The Morgan fingerprint density at radius 1 is 1.29 bits per heavy atom. The van der Waals surface area contributed by atoms with E-state index in [0.717, 1.165) is 34.1 Å². The maximum Gasteiger partial charge on any atom is 0.341 e. The van der Waals surface area contributed by atoms with Crippen molar-refractivity contribution in [3.05, 3.63) is 40.8 Å². The summed E-state index contributed by atoms with van der Waals surface area (Å²) in [6.45, 7) is 9.68. The number of nitrogens with one attached hydrogen (secondary N) is 1. The number of hydrogen-bond donors (Lipinski definition) is 1. The zero-order valence-corrected chi connectivity index (χ0v) is 18.3. The lowest BCUT2D eigenvalue weighted by Gasteiger charge is -2.36. The lowest BCUT2D eigenvalue weighted by Crippen LogP contribution is -2.49. The summed E-state index contributed by atoms with van der Waals surface area (Å²) in [7, 11) is 0. The number of morpholine rings is 1. The SMILES string of the molecule is CCOC(=O)c1c(NC(=S)N2C[C@@H](C)O[C@@H](C)C2)sc(C)c1-c1ccccc1. The third-order valence-corrected chi connectivity index (χ3v) is 5.93. The van der Waals surface area contributed by atoms with E-state index in [9.17, 15) is 4.79 Å². The Hall–Kier alpha value is -1.96. The predicted octanol–water partition coefficient (Wildman–Crippen LogP) is 4.71. The lowest BCUT2D eigenvalue weighted by molar-refractivity contribution is -0.0473. The summed E-state index contributed by atoms with van der Waals surface area (Å²) in [5.41, 5.74) is 2.44. The Morgan fingerprint density at radius 3 is 2.54 bits per heavy atom. The molecule has 1 aromatic carbocycles. The van der Waals surface area contributed by atoms with Crippen molar-refractivity contribution < 1.29 is 14.3 Å². The number of esters is 1. The molecule has 150 valence electrons. The van der Waals surface area contributed by atoms with Crippen LogP contribution in [-0.2, 0) is 9.47 Å². The molecule has 0 aliphatic carbocycles. The minimum atomic E-state index is -0.334. The standard InChI is InChI=1S/C21H26N2O3S2/c1-5-25-20(24)18-17(16-9-7-6-8-10-16)15(4)28-19(18)22-21(27)23-11-13(2)26-14(3)12-23/h6-10,13-14H,5,11-12H2,1-4H3,(H,22,27)/t13-,14+. The highest BCUT2D eigenvalue weighted by molar-refractivity contribution is 7.80. The molecular weight excluding hydrogens is 392 g/mol. The monoisotopic (exact) mass is 418 g/mol. The number of anilines is 1. The maximum absolute atomic E-state index is 12.8. The molecule has 1 aliphatic heterocycles. The van der Waals surface area contributed by atoms with Crippen LogP contribution in [0.5, 0.6) is 0 Å². The number of ether oxygens (including phenoxy) is 2. The van der Waals surface area contributed by atoms with E-state index < -0.39 is 0 Å². The first-order chi connectivity index (χ1) is 13.4. The van der Waals surface area contributed by atoms with Crippen LogP contribution in [0.2, 0.25) is 0 Å². The van der Waals surface area contributed by atoms with E-state index in [2.05, 4.69) is 10.2 Å². The summed E-state index contributed by atoms with van der Waals surface area (Å²) in [6.07, 6.45) is 0.218. The maximum atomic E-state index is 12.8. The molecule has 1 N–H and O–H groups in total. The largest absolute Gasteiger partial charge is 0.462 e. The zero-order valence-electron chi connectivity index (χ0n) is 16.7. The van der Waals surface area contributed by atoms with Crippen LogP contribution < -0.4 is 5.32 Å². The Morgan fingerprint density at radius 2 is 1.93 bits per heavy atom. The van der Waals surface area contributed by atoms with Gasteiger partial charge >= 0.3 is 5.97 Å². The fourth-order valence-corrected chi connectivity index (χ4v) is 4.88. The van der Waals surface area contributed by atoms with Gasteiger partial charge in [-0.15, -0.1) is 11.3 Å². The lowest BCUT2D eigenvalue weighted by atomic mass is 10.0. The van der Waals surface area contributed by atoms with Gasteiger partial charge in [-0.05, 0) is 45.5 Å². The Kier molecular flexibility index (Phi) is 6.69. The van der Waals surface area contributed by atoms with E-state index in [1.165, 1.54) is 11.3 Å². The van der Waals surface area contributed by atoms with Crippen molar-refractivity contribution in [3.8, 4) is 11.1 Å². The molecule has 0 bridgehead atoms. The van der Waals surface area contributed by atoms with Crippen LogP contribution in [0.25, 0.3) is 11.1 Å². The van der Waals surface area contributed by atoms with Crippen molar-refractivity contribution in [3.63, 3.8) is 0 Å². The second kappa shape index (κ2) is 9.03. The molecule has 7 heteroatoms. The van der Waals surface area contributed by atoms with Crippen molar-refractivity contribution in [2.45, 2.75) is 39.9 Å². The number of rotatable bonds is 4. The molecule has 3 rings (SSSR count). The number of hydrogen-bond acceptors (Lipinski definition) is 5. The van der Waals surface area contributed by atoms with Gasteiger partial charge in [0.05, 0.1) is 18.8 Å². The van der Waals surface area contributed by atoms with E-state index in [0.29, 0.717) is 17.3 Å². The number of thiophene rings is 1. The van der Waals surface area contributed by atoms with Crippen LogP contribution in [0.1, 0.15) is 36.0 Å². The van der Waals surface area contributed by atoms with Gasteiger partial charge in [-0.3, -0.25) is 0 Å². The van der Waals surface area contributed by atoms with Crippen molar-refractivity contribution in [1.29, 1.82) is 0 Å². The van der Waals surface area contributed by atoms with Gasteiger partial charge < -0.3 is 19.7 Å². The Bertz CT molecular complexity index is 841. The fraction of sp³-hybridized carbons (Fsp3) is 0.429. The van der Waals surface area contributed by atoms with Gasteiger partial charge in [0.2, 0.25) is 0 Å². The van der Waals surface area contributed by atoms with Gasteiger partial charge in [-0.25, -0.2) is 4.79 Å². The molecule has 1 fully saturated rings. The van der Waals surface area contributed by atoms with Crippen LogP contribution in [0, 0.1) is 6.92 Å². The van der Waals surface area contributed by atoms with Gasteiger partial charge in [-0.1, -0.05) is 30.3 Å². The number of thiocarbonyl (C=S) groups is 1. The second-order valence-corrected chi connectivity index (χ2v) is 8.53. The fourth-order valence-electron chi connectivity index (χ4n) is 3.50. The highest BCUT2D eigenvalue weighted by Crippen LogP contribution is 2.40. The number of carbonyl (C=O) groups excluding carboxylic acids is 1. The van der Waals surface area contributed by atoms with Crippen molar-refractivity contribution in [2.24, 2.45) is 0 Å². The molecule has 0 unspecified atom stereocenters. The third kappa shape index (κ3) is 4.54. The molecule has 0 radical (unpaired) electrons. The summed E-state index contributed by atoms with van der Waals surface area (Å²) in [4.78, 5) is 15.9. The van der Waals surface area contributed by atoms with Gasteiger partial charge in [0.15, 0.2) is 5.11 Å². The quantitative estimate of drug-likeness (QED) is 0.573. The van der Waals surface area contributed by atoms with Crippen molar-refractivity contribution >= 4 is 39.6 Å². The van der Waals surface area contributed by atoms with E-state index in [4.69, 9.17) is 21.7 Å². The molecule has 5 nitrogen and oxygen atoms in total. The summed E-state index contributed by atoms with van der Waals surface area (Å²) in [6, 6.07) is 9.91. The van der Waals surface area contributed by atoms with E-state index in [-0.39, 0.29) is 18.2 Å². The highest BCUT2D eigenvalue weighted by atomic mass is 32.1. The smallest absolute Gasteiger partial charge is 0.341 e. The van der Waals surface area contributed by atoms with Crippen molar-refractivity contribution in [2.75, 3.05) is 25.0 Å². The van der Waals surface area contributed by atoms with Crippen LogP contribution in [0.3, 0.4) is 0 Å². The first-order valence-electron chi connectivity index (χ1n) is 9.48. The van der Waals surface area contributed by atoms with Crippen LogP contribution in [0.4, 0.5) is 5.00 Å². The Labute approximate surface area is 175 Å². The van der Waals surface area contributed by atoms with Crippen LogP contribution >= 0.6 is 23.6 Å². The highest BCUT2D eigenvalue weighted by Gasteiger charge is 2.28. The molecule has 0 amide bonds. The summed E-state index contributed by atoms with van der Waals surface area (Å²) < 4.78 is 11.1. The Balaban J connectivity index is 1.94. The van der Waals surface area contributed by atoms with E-state index in [1.807, 2.05) is 58.0 Å². The number of aryl methyl sites for hydroxylation is 1. The average molecular weight is 419 g/mol. The molecule has 0 spiro atoms. The molecule has 2 aromatic rings. The molecule has 1 saturated heterocycles. The molecule has 1 aliphatic rings. The molecule has 2 heterocycles. The summed E-state index contributed by atoms with van der Waals surface area (Å²) in [5, 5.41) is 4.64. The molecular formula is C21H26N2O3S2.